The predicted molar refractivity (Wildman–Crippen MR) is 121 cm³/mol. The molecule has 0 radical (unpaired) electrons. The first-order valence-corrected chi connectivity index (χ1v) is 12.3. The van der Waals surface area contributed by atoms with E-state index in [1.54, 1.807) is 4.90 Å². The largest absolute Gasteiger partial charge is 0.356 e. The maximum absolute atomic E-state index is 13.8. The minimum Gasteiger partial charge on any atom is -0.356 e. The van der Waals surface area contributed by atoms with Crippen molar-refractivity contribution < 1.29 is 19.1 Å². The topological polar surface area (TPSA) is 87.7 Å². The zero-order valence-corrected chi connectivity index (χ0v) is 19.0. The molecule has 2 aliphatic carbocycles. The van der Waals surface area contributed by atoms with Gasteiger partial charge in [-0.15, -0.1) is 0 Å². The number of carbonyl (C=O) groups is 3. The summed E-state index contributed by atoms with van der Waals surface area (Å²) in [5.74, 6) is -1.79. The lowest BCUT2D eigenvalue weighted by Crippen LogP contribution is -2.56. The molecule has 4 fully saturated rings. The molecule has 3 heterocycles. The van der Waals surface area contributed by atoms with Gasteiger partial charge in [0.2, 0.25) is 17.7 Å². The first kappa shape index (κ1) is 20.9. The number of hydrogen-bond donors (Lipinski definition) is 2. The summed E-state index contributed by atoms with van der Waals surface area (Å²) in [7, 11) is 0. The Morgan fingerprint density at radius 3 is 2.48 bits per heavy atom. The van der Waals surface area contributed by atoms with E-state index in [2.05, 4.69) is 10.6 Å². The van der Waals surface area contributed by atoms with Crippen LogP contribution in [0.15, 0.2) is 42.5 Å². The molecule has 0 aromatic heterocycles. The Bertz CT molecular complexity index is 1020. The molecular formula is C26H31N3O4. The Morgan fingerprint density at radius 1 is 1.06 bits per heavy atom. The van der Waals surface area contributed by atoms with Crippen LogP contribution in [-0.2, 0) is 25.7 Å². The van der Waals surface area contributed by atoms with Crippen LogP contribution in [0.5, 0.6) is 0 Å². The monoisotopic (exact) mass is 449 g/mol. The van der Waals surface area contributed by atoms with Crippen molar-refractivity contribution in [1.82, 2.24) is 15.5 Å². The van der Waals surface area contributed by atoms with Crippen LogP contribution >= 0.6 is 0 Å². The van der Waals surface area contributed by atoms with Crippen molar-refractivity contribution in [3.05, 3.63) is 48.0 Å². The van der Waals surface area contributed by atoms with Gasteiger partial charge < -0.3 is 20.3 Å². The number of benzene rings is 1. The molecule has 7 nitrogen and oxygen atoms in total. The van der Waals surface area contributed by atoms with E-state index in [0.29, 0.717) is 6.54 Å². The van der Waals surface area contributed by atoms with Crippen LogP contribution in [-0.4, -0.2) is 51.9 Å². The fraction of sp³-hybridized carbons (Fsp3) is 0.577. The van der Waals surface area contributed by atoms with Gasteiger partial charge in [0.1, 0.15) is 11.6 Å². The van der Waals surface area contributed by atoms with Gasteiger partial charge in [-0.2, -0.15) is 0 Å². The van der Waals surface area contributed by atoms with Crippen molar-refractivity contribution in [1.29, 1.82) is 0 Å². The van der Waals surface area contributed by atoms with E-state index in [4.69, 9.17) is 4.74 Å². The Hall–Kier alpha value is -2.67. The van der Waals surface area contributed by atoms with Crippen molar-refractivity contribution >= 4 is 17.7 Å². The SMILES string of the molecule is C[C@@]12C=C[C@@]3(O1)[C@H](C(=O)N(C1CC1)[C@@H]3C(=O)NC1CCCC1)[C@@H]2C(=O)NCc1ccccc1. The number of nitrogens with zero attached hydrogens (tertiary/aromatic N) is 1. The van der Waals surface area contributed by atoms with E-state index in [0.717, 1.165) is 44.1 Å². The van der Waals surface area contributed by atoms with Crippen LogP contribution in [0.3, 0.4) is 0 Å². The Morgan fingerprint density at radius 2 is 1.79 bits per heavy atom. The Balaban J connectivity index is 1.30. The minimum atomic E-state index is -1.08. The summed E-state index contributed by atoms with van der Waals surface area (Å²) in [6.45, 7) is 2.26. The van der Waals surface area contributed by atoms with Gasteiger partial charge in [-0.05, 0) is 38.2 Å². The number of fused-ring (bicyclic) bond motifs is 1. The zero-order chi connectivity index (χ0) is 22.8. The smallest absolute Gasteiger partial charge is 0.246 e. The maximum atomic E-state index is 13.8. The van der Waals surface area contributed by atoms with Crippen LogP contribution in [0.4, 0.5) is 0 Å². The highest BCUT2D eigenvalue weighted by molar-refractivity contribution is 6.00. The summed E-state index contributed by atoms with van der Waals surface area (Å²) in [5, 5.41) is 6.22. The molecule has 6 rings (SSSR count). The van der Waals surface area contributed by atoms with Crippen LogP contribution in [0.25, 0.3) is 0 Å². The second kappa shape index (κ2) is 7.42. The van der Waals surface area contributed by atoms with E-state index in [-0.39, 0.29) is 29.8 Å². The average Bonchev–Trinajstić information content (AvgIpc) is 3.17. The van der Waals surface area contributed by atoms with Crippen LogP contribution < -0.4 is 10.6 Å². The molecule has 1 aromatic rings. The van der Waals surface area contributed by atoms with E-state index in [1.807, 2.05) is 49.4 Å². The number of likely N-dealkylation sites (tertiary alicyclic amines) is 1. The average molecular weight is 450 g/mol. The van der Waals surface area contributed by atoms with Gasteiger partial charge >= 0.3 is 0 Å². The van der Waals surface area contributed by atoms with E-state index < -0.39 is 29.1 Å². The third kappa shape index (κ3) is 3.15. The summed E-state index contributed by atoms with van der Waals surface area (Å²) in [5.41, 5.74) is -0.981. The minimum absolute atomic E-state index is 0.0636. The van der Waals surface area contributed by atoms with Gasteiger partial charge in [0.05, 0.1) is 17.4 Å². The predicted octanol–water partition coefficient (Wildman–Crippen LogP) is 2.06. The van der Waals surface area contributed by atoms with E-state index >= 15 is 0 Å². The molecule has 2 N–H and O–H groups in total. The molecule has 7 heteroatoms. The van der Waals surface area contributed by atoms with Gasteiger partial charge in [-0.1, -0.05) is 55.3 Å². The molecule has 174 valence electrons. The number of ether oxygens (including phenoxy) is 1. The summed E-state index contributed by atoms with van der Waals surface area (Å²) in [6, 6.07) is 9.23. The molecule has 33 heavy (non-hydrogen) atoms. The van der Waals surface area contributed by atoms with Gasteiger partial charge in [0.15, 0.2) is 0 Å². The van der Waals surface area contributed by atoms with Crippen molar-refractivity contribution in [2.75, 3.05) is 0 Å². The van der Waals surface area contributed by atoms with E-state index in [9.17, 15) is 14.4 Å². The Kier molecular flexibility index (Phi) is 4.70. The molecule has 2 saturated carbocycles. The summed E-state index contributed by atoms with van der Waals surface area (Å²) >= 11 is 0. The van der Waals surface area contributed by atoms with Crippen molar-refractivity contribution in [3.63, 3.8) is 0 Å². The standard InChI is InChI=1S/C26H31N3O4/c1-25-13-14-26(33-25)20(19(25)22(30)27-15-16-7-3-2-4-8-16)24(32)29(18-11-12-18)21(26)23(31)28-17-9-5-6-10-17/h2-4,7-8,13-14,17-21H,5-6,9-12,15H2,1H3,(H,27,30)(H,28,31)/t19-,20+,21-,25+,26-/m1/s1. The molecule has 1 aromatic carbocycles. The third-order valence-corrected chi connectivity index (χ3v) is 8.22. The fourth-order valence-corrected chi connectivity index (χ4v) is 6.56. The van der Waals surface area contributed by atoms with Crippen LogP contribution in [0.1, 0.15) is 51.0 Å². The zero-order valence-electron chi connectivity index (χ0n) is 19.0. The molecule has 2 bridgehead atoms. The summed E-state index contributed by atoms with van der Waals surface area (Å²) < 4.78 is 6.54. The quantitative estimate of drug-likeness (QED) is 0.651. The Labute approximate surface area is 193 Å². The molecule has 3 amide bonds. The fourth-order valence-electron chi connectivity index (χ4n) is 6.56. The van der Waals surface area contributed by atoms with Crippen molar-refractivity contribution in [2.24, 2.45) is 11.8 Å². The first-order valence-electron chi connectivity index (χ1n) is 12.3. The molecule has 5 aliphatic rings. The first-order chi connectivity index (χ1) is 15.9. The third-order valence-electron chi connectivity index (χ3n) is 8.22. The highest BCUT2D eigenvalue weighted by Crippen LogP contribution is 2.61. The molecule has 1 spiro atoms. The van der Waals surface area contributed by atoms with Crippen molar-refractivity contribution in [2.45, 2.75) is 81.3 Å². The lowest BCUT2D eigenvalue weighted by molar-refractivity contribution is -0.145. The molecule has 2 saturated heterocycles. The second-order valence-corrected chi connectivity index (χ2v) is 10.5. The highest BCUT2D eigenvalue weighted by Gasteiger charge is 2.77. The van der Waals surface area contributed by atoms with Gasteiger partial charge in [0, 0.05) is 18.6 Å². The van der Waals surface area contributed by atoms with Crippen LogP contribution in [0, 0.1) is 11.8 Å². The lowest BCUT2D eigenvalue weighted by Gasteiger charge is -2.33. The number of nitrogens with one attached hydrogen (secondary N) is 2. The molecule has 0 unspecified atom stereocenters. The van der Waals surface area contributed by atoms with Gasteiger partial charge in [0.25, 0.3) is 0 Å². The lowest BCUT2D eigenvalue weighted by atomic mass is 9.70. The maximum Gasteiger partial charge on any atom is 0.246 e. The highest BCUT2D eigenvalue weighted by atomic mass is 16.5. The summed E-state index contributed by atoms with van der Waals surface area (Å²) in [4.78, 5) is 42.6. The summed E-state index contributed by atoms with van der Waals surface area (Å²) in [6.07, 6.45) is 9.78. The van der Waals surface area contributed by atoms with Gasteiger partial charge in [-0.3, -0.25) is 14.4 Å². The number of rotatable bonds is 6. The number of hydrogen-bond acceptors (Lipinski definition) is 4. The van der Waals surface area contributed by atoms with Gasteiger partial charge in [-0.25, -0.2) is 0 Å². The molecule has 3 aliphatic heterocycles. The molecular weight excluding hydrogens is 418 g/mol. The molecule has 5 atom stereocenters. The number of amides is 3. The second-order valence-electron chi connectivity index (χ2n) is 10.5. The van der Waals surface area contributed by atoms with E-state index in [1.165, 1.54) is 0 Å². The van der Waals surface area contributed by atoms with Crippen LogP contribution in [0.2, 0.25) is 0 Å². The normalized spacial score (nSPS) is 36.9. The number of carbonyl (C=O) groups excluding carboxylic acids is 3. The van der Waals surface area contributed by atoms with Crippen molar-refractivity contribution in [3.8, 4) is 0 Å².